The molecule has 8 heteroatoms. The molecule has 0 aromatic heterocycles. The van der Waals surface area contributed by atoms with Crippen LogP contribution in [0.4, 0.5) is 0 Å². The lowest BCUT2D eigenvalue weighted by Gasteiger charge is -2.28. The molecule has 26 heavy (non-hydrogen) atoms. The van der Waals surface area contributed by atoms with Crippen molar-refractivity contribution in [1.82, 2.24) is 15.5 Å². The van der Waals surface area contributed by atoms with Gasteiger partial charge in [0.2, 0.25) is 5.91 Å². The van der Waals surface area contributed by atoms with Crippen LogP contribution in [0.25, 0.3) is 0 Å². The van der Waals surface area contributed by atoms with Crippen LogP contribution in [0.5, 0.6) is 0 Å². The van der Waals surface area contributed by atoms with Crippen LogP contribution in [0.3, 0.4) is 0 Å². The van der Waals surface area contributed by atoms with Gasteiger partial charge in [0.1, 0.15) is 0 Å². The van der Waals surface area contributed by atoms with Crippen LogP contribution in [0, 0.1) is 0 Å². The molecule has 2 aliphatic heterocycles. The average molecular weight is 379 g/mol. The maximum absolute atomic E-state index is 12.2. The number of amides is 2. The zero-order valence-electron chi connectivity index (χ0n) is 14.7. The van der Waals surface area contributed by atoms with E-state index in [-0.39, 0.29) is 48.4 Å². The lowest BCUT2D eigenvalue weighted by molar-refractivity contribution is -0.121. The Bertz CT molecular complexity index is 745. The van der Waals surface area contributed by atoms with Crippen molar-refractivity contribution >= 4 is 21.7 Å². The Labute approximate surface area is 154 Å². The Balaban J connectivity index is 1.48. The lowest BCUT2D eigenvalue weighted by atomic mass is 10.1. The molecular formula is C18H25N3O4S. The molecule has 0 aliphatic carbocycles. The topological polar surface area (TPSA) is 95.6 Å². The molecule has 2 heterocycles. The van der Waals surface area contributed by atoms with E-state index in [2.05, 4.69) is 15.5 Å². The first-order chi connectivity index (χ1) is 12.4. The number of benzene rings is 1. The van der Waals surface area contributed by atoms with Crippen LogP contribution in [0.15, 0.2) is 30.3 Å². The predicted molar refractivity (Wildman–Crippen MR) is 98.6 cm³/mol. The molecule has 1 aromatic carbocycles. The molecule has 1 aromatic rings. The molecule has 7 nitrogen and oxygen atoms in total. The number of sulfone groups is 1. The van der Waals surface area contributed by atoms with Gasteiger partial charge < -0.3 is 10.6 Å². The molecule has 2 aliphatic rings. The summed E-state index contributed by atoms with van der Waals surface area (Å²) in [6.45, 7) is 1.99. The average Bonchev–Trinajstić information content (AvgIpc) is 3.23. The molecule has 2 atom stereocenters. The molecule has 2 fully saturated rings. The van der Waals surface area contributed by atoms with E-state index in [0.29, 0.717) is 5.56 Å². The van der Waals surface area contributed by atoms with Gasteiger partial charge in [-0.3, -0.25) is 14.5 Å². The summed E-state index contributed by atoms with van der Waals surface area (Å²) >= 11 is 0. The van der Waals surface area contributed by atoms with E-state index in [0.717, 1.165) is 25.9 Å². The number of carbonyl (C=O) groups excluding carboxylic acids is 2. The minimum Gasteiger partial charge on any atom is -0.352 e. The standard InChI is InChI=1S/C18H25N3O4S/c22-17(8-9-19-18(23)14-6-2-1-3-7-14)20-15-12-26(24,25)13-16(15)21-10-4-5-11-21/h1-3,6-7,15-16H,4-5,8-13H2,(H,19,23)(H,20,22). The molecule has 2 N–H and O–H groups in total. The van der Waals surface area contributed by atoms with Crippen LogP contribution >= 0.6 is 0 Å². The van der Waals surface area contributed by atoms with Gasteiger partial charge in [-0.15, -0.1) is 0 Å². The Hall–Kier alpha value is -1.93. The Morgan fingerprint density at radius 3 is 2.46 bits per heavy atom. The molecule has 2 unspecified atom stereocenters. The Morgan fingerprint density at radius 2 is 1.77 bits per heavy atom. The van der Waals surface area contributed by atoms with E-state index >= 15 is 0 Å². The van der Waals surface area contributed by atoms with Crippen molar-refractivity contribution in [3.05, 3.63) is 35.9 Å². The van der Waals surface area contributed by atoms with Crippen molar-refractivity contribution in [2.75, 3.05) is 31.1 Å². The Morgan fingerprint density at radius 1 is 1.08 bits per heavy atom. The number of nitrogens with zero attached hydrogens (tertiary/aromatic N) is 1. The summed E-state index contributed by atoms with van der Waals surface area (Å²) < 4.78 is 24.0. The minimum atomic E-state index is -3.12. The van der Waals surface area contributed by atoms with Gasteiger partial charge in [0.15, 0.2) is 9.84 Å². The van der Waals surface area contributed by atoms with E-state index in [9.17, 15) is 18.0 Å². The maximum atomic E-state index is 12.2. The second-order valence-electron chi connectivity index (χ2n) is 6.93. The first kappa shape index (κ1) is 18.8. The molecular weight excluding hydrogens is 354 g/mol. The summed E-state index contributed by atoms with van der Waals surface area (Å²) in [7, 11) is -3.12. The summed E-state index contributed by atoms with van der Waals surface area (Å²) in [6.07, 6.45) is 2.27. The second-order valence-corrected chi connectivity index (χ2v) is 9.09. The molecule has 0 radical (unpaired) electrons. The quantitative estimate of drug-likeness (QED) is 0.735. The van der Waals surface area contributed by atoms with E-state index in [1.807, 2.05) is 6.07 Å². The van der Waals surface area contributed by atoms with Gasteiger partial charge in [0.25, 0.3) is 5.91 Å². The van der Waals surface area contributed by atoms with Crippen molar-refractivity contribution in [3.8, 4) is 0 Å². The van der Waals surface area contributed by atoms with Crippen molar-refractivity contribution in [1.29, 1.82) is 0 Å². The molecule has 0 bridgehead atoms. The molecule has 0 saturated carbocycles. The van der Waals surface area contributed by atoms with Crippen molar-refractivity contribution < 1.29 is 18.0 Å². The number of rotatable bonds is 6. The zero-order chi connectivity index (χ0) is 18.6. The highest BCUT2D eigenvalue weighted by Crippen LogP contribution is 2.22. The highest BCUT2D eigenvalue weighted by molar-refractivity contribution is 7.91. The lowest BCUT2D eigenvalue weighted by Crippen LogP contribution is -2.50. The van der Waals surface area contributed by atoms with E-state index in [4.69, 9.17) is 0 Å². The van der Waals surface area contributed by atoms with Gasteiger partial charge in [-0.1, -0.05) is 18.2 Å². The van der Waals surface area contributed by atoms with Gasteiger partial charge in [-0.25, -0.2) is 8.42 Å². The first-order valence-corrected chi connectivity index (χ1v) is 10.8. The third-order valence-corrected chi connectivity index (χ3v) is 6.67. The summed E-state index contributed by atoms with van der Waals surface area (Å²) in [5, 5.41) is 5.57. The fourth-order valence-electron chi connectivity index (χ4n) is 3.66. The molecule has 2 amide bonds. The smallest absolute Gasteiger partial charge is 0.251 e. The van der Waals surface area contributed by atoms with Crippen LogP contribution in [0.2, 0.25) is 0 Å². The normalized spacial score (nSPS) is 25.1. The molecule has 142 valence electrons. The van der Waals surface area contributed by atoms with Crippen LogP contribution < -0.4 is 10.6 Å². The SMILES string of the molecule is O=C(CCNC(=O)c1ccccc1)NC1CS(=O)(=O)CC1N1CCCC1. The van der Waals surface area contributed by atoms with E-state index in [1.54, 1.807) is 24.3 Å². The number of likely N-dealkylation sites (tertiary alicyclic amines) is 1. The number of hydrogen-bond donors (Lipinski definition) is 2. The second kappa shape index (κ2) is 8.18. The maximum Gasteiger partial charge on any atom is 0.251 e. The van der Waals surface area contributed by atoms with Crippen molar-refractivity contribution in [3.63, 3.8) is 0 Å². The predicted octanol–water partition coefficient (Wildman–Crippen LogP) is 0.184. The van der Waals surface area contributed by atoms with E-state index < -0.39 is 9.84 Å². The Kier molecular flexibility index (Phi) is 5.93. The largest absolute Gasteiger partial charge is 0.352 e. The first-order valence-electron chi connectivity index (χ1n) is 9.02. The van der Waals surface area contributed by atoms with Gasteiger partial charge in [-0.05, 0) is 38.1 Å². The summed E-state index contributed by atoms with van der Waals surface area (Å²) in [5.41, 5.74) is 0.545. The van der Waals surface area contributed by atoms with Crippen LogP contribution in [-0.2, 0) is 14.6 Å². The zero-order valence-corrected chi connectivity index (χ0v) is 15.5. The van der Waals surface area contributed by atoms with Gasteiger partial charge in [0, 0.05) is 24.6 Å². The third-order valence-electron chi connectivity index (χ3n) is 4.95. The molecule has 0 spiro atoms. The summed E-state index contributed by atoms with van der Waals surface area (Å²) in [5.74, 6) is -0.347. The van der Waals surface area contributed by atoms with Gasteiger partial charge in [0.05, 0.1) is 17.5 Å². The monoisotopic (exact) mass is 379 g/mol. The molecule has 3 rings (SSSR count). The van der Waals surface area contributed by atoms with Gasteiger partial charge in [-0.2, -0.15) is 0 Å². The minimum absolute atomic E-state index is 0.00369. The van der Waals surface area contributed by atoms with Crippen LogP contribution in [-0.4, -0.2) is 68.4 Å². The van der Waals surface area contributed by atoms with Crippen molar-refractivity contribution in [2.45, 2.75) is 31.3 Å². The fraction of sp³-hybridized carbons (Fsp3) is 0.556. The number of nitrogens with one attached hydrogen (secondary N) is 2. The highest BCUT2D eigenvalue weighted by Gasteiger charge is 2.42. The number of carbonyl (C=O) groups is 2. The number of hydrogen-bond acceptors (Lipinski definition) is 5. The highest BCUT2D eigenvalue weighted by atomic mass is 32.2. The summed E-state index contributed by atoms with van der Waals surface area (Å²) in [4.78, 5) is 26.3. The van der Waals surface area contributed by atoms with Crippen molar-refractivity contribution in [2.24, 2.45) is 0 Å². The fourth-order valence-corrected chi connectivity index (χ4v) is 5.61. The third kappa shape index (κ3) is 4.82. The molecule has 2 saturated heterocycles. The summed E-state index contributed by atoms with van der Waals surface area (Å²) in [6, 6.07) is 8.30. The van der Waals surface area contributed by atoms with Gasteiger partial charge >= 0.3 is 0 Å². The van der Waals surface area contributed by atoms with E-state index in [1.165, 1.54) is 0 Å². The van der Waals surface area contributed by atoms with Crippen LogP contribution in [0.1, 0.15) is 29.6 Å².